The Hall–Kier alpha value is -0.860. The summed E-state index contributed by atoms with van der Waals surface area (Å²) in [5.41, 5.74) is 0. The smallest absolute Gasteiger partial charge is 0.313 e. The lowest BCUT2D eigenvalue weighted by Crippen LogP contribution is -2.07. The largest absolute Gasteiger partial charge is 0.393 e. The van der Waals surface area contributed by atoms with Crippen molar-refractivity contribution in [3.05, 3.63) is 0 Å². The zero-order valence-electron chi connectivity index (χ0n) is 7.64. The number of hydrogen-bond acceptors (Lipinski definition) is 3. The SMILES string of the molecule is CC.CCCC(=O)OC(C)=O. The van der Waals surface area contributed by atoms with Crippen molar-refractivity contribution in [2.45, 2.75) is 40.5 Å². The van der Waals surface area contributed by atoms with Crippen LogP contribution in [0.2, 0.25) is 0 Å². The van der Waals surface area contributed by atoms with Gasteiger partial charge >= 0.3 is 11.9 Å². The Balaban J connectivity index is 0. The molecule has 0 spiro atoms. The number of hydrogen-bond donors (Lipinski definition) is 0. The van der Waals surface area contributed by atoms with Crippen LogP contribution in [0.1, 0.15) is 40.5 Å². The van der Waals surface area contributed by atoms with E-state index in [0.717, 1.165) is 0 Å². The quantitative estimate of drug-likeness (QED) is 0.457. The maximum absolute atomic E-state index is 10.4. The first kappa shape index (κ1) is 12.8. The van der Waals surface area contributed by atoms with Crippen molar-refractivity contribution < 1.29 is 14.3 Å². The standard InChI is InChI=1S/C6H10O3.C2H6/c1-3-4-6(8)9-5(2)7;1-2/h3-4H2,1-2H3;1-2H3. The third-order valence-electron chi connectivity index (χ3n) is 0.712. The van der Waals surface area contributed by atoms with E-state index < -0.39 is 11.9 Å². The molecule has 11 heavy (non-hydrogen) atoms. The van der Waals surface area contributed by atoms with Gasteiger partial charge in [-0.2, -0.15) is 0 Å². The van der Waals surface area contributed by atoms with E-state index in [1.165, 1.54) is 6.92 Å². The molecule has 0 unspecified atom stereocenters. The molecule has 0 radical (unpaired) electrons. The Morgan fingerprint density at radius 3 is 2.00 bits per heavy atom. The van der Waals surface area contributed by atoms with Crippen molar-refractivity contribution >= 4 is 11.9 Å². The van der Waals surface area contributed by atoms with Gasteiger partial charge in [0.15, 0.2) is 0 Å². The summed E-state index contributed by atoms with van der Waals surface area (Å²) in [5.74, 6) is -0.974. The van der Waals surface area contributed by atoms with Crippen molar-refractivity contribution in [1.29, 1.82) is 0 Å². The lowest BCUT2D eigenvalue weighted by molar-refractivity contribution is -0.158. The zero-order valence-corrected chi connectivity index (χ0v) is 7.64. The van der Waals surface area contributed by atoms with E-state index in [0.29, 0.717) is 12.8 Å². The second-order valence-corrected chi connectivity index (χ2v) is 1.72. The molecular weight excluding hydrogens is 144 g/mol. The molecule has 0 bridgehead atoms. The molecule has 0 N–H and O–H groups in total. The minimum Gasteiger partial charge on any atom is -0.393 e. The summed E-state index contributed by atoms with van der Waals surface area (Å²) in [6.45, 7) is 7.06. The predicted octanol–water partition coefficient (Wildman–Crippen LogP) is 1.90. The number of carbonyl (C=O) groups excluding carboxylic acids is 2. The molecule has 3 heteroatoms. The highest BCUT2D eigenvalue weighted by Crippen LogP contribution is 1.90. The fourth-order valence-electron chi connectivity index (χ4n) is 0.415. The summed E-state index contributed by atoms with van der Waals surface area (Å²) in [6.07, 6.45) is 1.03. The van der Waals surface area contributed by atoms with Gasteiger partial charge in [-0.25, -0.2) is 0 Å². The van der Waals surface area contributed by atoms with Gasteiger partial charge in [-0.1, -0.05) is 20.8 Å². The van der Waals surface area contributed by atoms with E-state index in [1.54, 1.807) is 0 Å². The van der Waals surface area contributed by atoms with Crippen molar-refractivity contribution in [2.24, 2.45) is 0 Å². The minimum absolute atomic E-state index is 0.319. The summed E-state index contributed by atoms with van der Waals surface area (Å²) in [5, 5.41) is 0. The molecule has 0 amide bonds. The molecule has 0 saturated carbocycles. The van der Waals surface area contributed by atoms with Gasteiger partial charge in [-0.3, -0.25) is 9.59 Å². The summed E-state index contributed by atoms with van der Waals surface area (Å²) in [7, 11) is 0. The first-order valence-corrected chi connectivity index (χ1v) is 3.88. The number of esters is 2. The molecule has 0 fully saturated rings. The molecule has 0 aromatic rings. The van der Waals surface area contributed by atoms with E-state index in [2.05, 4.69) is 4.74 Å². The maximum Gasteiger partial charge on any atom is 0.313 e. The van der Waals surface area contributed by atoms with Crippen LogP contribution in [0.3, 0.4) is 0 Å². The van der Waals surface area contributed by atoms with Gasteiger partial charge in [0.05, 0.1) is 0 Å². The van der Waals surface area contributed by atoms with Crippen LogP contribution < -0.4 is 0 Å². The molecule has 0 aliphatic rings. The Bertz CT molecular complexity index is 119. The highest BCUT2D eigenvalue weighted by molar-refractivity contribution is 5.83. The summed E-state index contributed by atoms with van der Waals surface area (Å²) in [6, 6.07) is 0. The third kappa shape index (κ3) is 12.4. The number of ether oxygens (including phenoxy) is 1. The monoisotopic (exact) mass is 160 g/mol. The molecule has 0 aliphatic heterocycles. The van der Waals surface area contributed by atoms with Crippen molar-refractivity contribution in [1.82, 2.24) is 0 Å². The number of carbonyl (C=O) groups is 2. The topological polar surface area (TPSA) is 43.4 Å². The van der Waals surface area contributed by atoms with Crippen LogP contribution in [0, 0.1) is 0 Å². The summed E-state index contributed by atoms with van der Waals surface area (Å²) < 4.78 is 4.21. The van der Waals surface area contributed by atoms with Gasteiger partial charge in [-0.15, -0.1) is 0 Å². The van der Waals surface area contributed by atoms with Crippen LogP contribution in [0.15, 0.2) is 0 Å². The van der Waals surface area contributed by atoms with Crippen LogP contribution in [-0.2, 0) is 14.3 Å². The Kier molecular flexibility index (Phi) is 10.6. The molecule has 0 aromatic carbocycles. The van der Waals surface area contributed by atoms with Crippen LogP contribution in [-0.4, -0.2) is 11.9 Å². The van der Waals surface area contributed by atoms with E-state index >= 15 is 0 Å². The normalized spacial score (nSPS) is 7.64. The Morgan fingerprint density at radius 2 is 1.73 bits per heavy atom. The van der Waals surface area contributed by atoms with Crippen molar-refractivity contribution in [2.75, 3.05) is 0 Å². The fourth-order valence-corrected chi connectivity index (χ4v) is 0.415. The maximum atomic E-state index is 10.4. The lowest BCUT2D eigenvalue weighted by Gasteiger charge is -1.94. The summed E-state index contributed by atoms with van der Waals surface area (Å²) in [4.78, 5) is 20.5. The molecule has 0 saturated heterocycles. The highest BCUT2D eigenvalue weighted by Gasteiger charge is 2.02. The highest BCUT2D eigenvalue weighted by atomic mass is 16.6. The molecule has 0 rings (SSSR count). The van der Waals surface area contributed by atoms with Crippen LogP contribution >= 0.6 is 0 Å². The van der Waals surface area contributed by atoms with Gasteiger partial charge in [0, 0.05) is 13.3 Å². The van der Waals surface area contributed by atoms with Crippen LogP contribution in [0.5, 0.6) is 0 Å². The van der Waals surface area contributed by atoms with Gasteiger partial charge in [0.25, 0.3) is 0 Å². The first-order chi connectivity index (χ1) is 5.16. The van der Waals surface area contributed by atoms with Gasteiger partial charge in [-0.05, 0) is 6.42 Å². The van der Waals surface area contributed by atoms with Gasteiger partial charge in [0.2, 0.25) is 0 Å². The fraction of sp³-hybridized carbons (Fsp3) is 0.750. The molecule has 0 atom stereocenters. The predicted molar refractivity (Wildman–Crippen MR) is 43.0 cm³/mol. The number of rotatable bonds is 2. The molecule has 0 aromatic heterocycles. The Labute approximate surface area is 67.7 Å². The molecule has 0 aliphatic carbocycles. The van der Waals surface area contributed by atoms with E-state index in [1.807, 2.05) is 20.8 Å². The molecule has 0 heterocycles. The van der Waals surface area contributed by atoms with Crippen LogP contribution in [0.4, 0.5) is 0 Å². The zero-order chi connectivity index (χ0) is 9.28. The van der Waals surface area contributed by atoms with Gasteiger partial charge < -0.3 is 4.74 Å². The van der Waals surface area contributed by atoms with Crippen molar-refractivity contribution in [3.63, 3.8) is 0 Å². The minimum atomic E-state index is -0.534. The van der Waals surface area contributed by atoms with Crippen LogP contribution in [0.25, 0.3) is 0 Å². The van der Waals surface area contributed by atoms with E-state index in [-0.39, 0.29) is 0 Å². The van der Waals surface area contributed by atoms with E-state index in [4.69, 9.17) is 0 Å². The average molecular weight is 160 g/mol. The lowest BCUT2D eigenvalue weighted by atomic mass is 10.3. The van der Waals surface area contributed by atoms with Gasteiger partial charge in [0.1, 0.15) is 0 Å². The molecule has 66 valence electrons. The molecule has 3 nitrogen and oxygen atoms in total. The Morgan fingerprint density at radius 1 is 1.27 bits per heavy atom. The second-order valence-electron chi connectivity index (χ2n) is 1.72. The summed E-state index contributed by atoms with van der Waals surface area (Å²) >= 11 is 0. The molecular formula is C8H16O3. The third-order valence-corrected chi connectivity index (χ3v) is 0.712. The van der Waals surface area contributed by atoms with E-state index in [9.17, 15) is 9.59 Å². The second kappa shape index (κ2) is 9.14. The van der Waals surface area contributed by atoms with Crippen molar-refractivity contribution in [3.8, 4) is 0 Å². The average Bonchev–Trinajstić information content (AvgIpc) is 1.91. The first-order valence-electron chi connectivity index (χ1n) is 3.88.